The normalized spacial score (nSPS) is 21.2. The molecule has 1 fully saturated rings. The van der Waals surface area contributed by atoms with E-state index in [0.29, 0.717) is 11.9 Å². The van der Waals surface area contributed by atoms with Crippen molar-refractivity contribution in [3.63, 3.8) is 0 Å². The molecule has 0 bridgehead atoms. The summed E-state index contributed by atoms with van der Waals surface area (Å²) >= 11 is 0. The van der Waals surface area contributed by atoms with Gasteiger partial charge >= 0.3 is 0 Å². The van der Waals surface area contributed by atoms with Gasteiger partial charge in [0.1, 0.15) is 5.82 Å². The van der Waals surface area contributed by atoms with Gasteiger partial charge in [0, 0.05) is 17.9 Å². The largest absolute Gasteiger partial charge is 0.382 e. The van der Waals surface area contributed by atoms with E-state index in [-0.39, 0.29) is 0 Å². The van der Waals surface area contributed by atoms with E-state index in [1.54, 1.807) is 0 Å². The second-order valence-electron chi connectivity index (χ2n) is 4.45. The molecule has 1 atom stereocenters. The molecule has 0 spiro atoms. The van der Waals surface area contributed by atoms with Gasteiger partial charge in [-0.15, -0.1) is 0 Å². The zero-order valence-corrected chi connectivity index (χ0v) is 9.96. The van der Waals surface area contributed by atoms with Crippen molar-refractivity contribution in [2.75, 3.05) is 12.3 Å². The third-order valence-corrected chi connectivity index (χ3v) is 3.33. The lowest BCUT2D eigenvalue weighted by atomic mass is 10.0. The highest BCUT2D eigenvalue weighted by Gasteiger charge is 2.15. The number of nitrogen functional groups attached to an aromatic ring is 1. The molecule has 0 aromatic carbocycles. The predicted molar refractivity (Wildman–Crippen MR) is 64.3 cm³/mol. The van der Waals surface area contributed by atoms with Crippen LogP contribution in [0.3, 0.4) is 0 Å². The van der Waals surface area contributed by atoms with Crippen LogP contribution in [0.5, 0.6) is 0 Å². The number of aromatic nitrogens is 2. The fourth-order valence-electron chi connectivity index (χ4n) is 2.36. The Bertz CT molecular complexity index is 329. The lowest BCUT2D eigenvalue weighted by Crippen LogP contribution is -2.19. The maximum atomic E-state index is 5.79. The molecule has 0 amide bonds. The molecule has 2 rings (SSSR count). The van der Waals surface area contributed by atoms with Gasteiger partial charge < -0.3 is 10.5 Å². The number of anilines is 1. The summed E-state index contributed by atoms with van der Waals surface area (Å²) in [4.78, 5) is 0. The maximum absolute atomic E-state index is 5.79. The van der Waals surface area contributed by atoms with E-state index in [9.17, 15) is 0 Å². The fourth-order valence-corrected chi connectivity index (χ4v) is 2.36. The van der Waals surface area contributed by atoms with Crippen LogP contribution in [0, 0.1) is 0 Å². The number of nitrogens with zero attached hydrogens (tertiary/aromatic N) is 1. The Morgan fingerprint density at radius 1 is 1.50 bits per heavy atom. The average molecular weight is 223 g/mol. The standard InChI is InChI=1S/C12H21N3O/c1-2-10-11(14-15-12(10)13)7-6-9-5-3-4-8-16-9/h9H,2-8H2,1H3,(H3,13,14,15). The minimum atomic E-state index is 0.433. The van der Waals surface area contributed by atoms with E-state index in [1.165, 1.54) is 30.5 Å². The first kappa shape index (κ1) is 11.5. The number of aryl methyl sites for hydroxylation is 1. The maximum Gasteiger partial charge on any atom is 0.148 e. The summed E-state index contributed by atoms with van der Waals surface area (Å²) in [6, 6.07) is 0. The molecular formula is C12H21N3O. The summed E-state index contributed by atoms with van der Waals surface area (Å²) in [5, 5.41) is 7.10. The molecule has 4 heteroatoms. The molecule has 2 heterocycles. The fraction of sp³-hybridized carbons (Fsp3) is 0.750. The van der Waals surface area contributed by atoms with Crippen LogP contribution in [0.4, 0.5) is 5.82 Å². The molecule has 0 radical (unpaired) electrons. The van der Waals surface area contributed by atoms with Crippen molar-refractivity contribution in [1.29, 1.82) is 0 Å². The van der Waals surface area contributed by atoms with Crippen molar-refractivity contribution in [2.24, 2.45) is 0 Å². The number of hydrogen-bond acceptors (Lipinski definition) is 3. The first-order chi connectivity index (χ1) is 7.81. The lowest BCUT2D eigenvalue weighted by molar-refractivity contribution is 0.0113. The number of nitrogens with two attached hydrogens (primary N) is 1. The van der Waals surface area contributed by atoms with Gasteiger partial charge in [0.15, 0.2) is 0 Å². The minimum Gasteiger partial charge on any atom is -0.382 e. The summed E-state index contributed by atoms with van der Waals surface area (Å²) < 4.78 is 5.71. The molecule has 1 aromatic rings. The molecule has 90 valence electrons. The smallest absolute Gasteiger partial charge is 0.148 e. The van der Waals surface area contributed by atoms with Gasteiger partial charge in [-0.3, -0.25) is 5.10 Å². The van der Waals surface area contributed by atoms with Gasteiger partial charge in [0.2, 0.25) is 0 Å². The van der Waals surface area contributed by atoms with E-state index < -0.39 is 0 Å². The number of ether oxygens (including phenoxy) is 1. The van der Waals surface area contributed by atoms with Gasteiger partial charge in [-0.05, 0) is 38.5 Å². The van der Waals surface area contributed by atoms with Gasteiger partial charge in [0.05, 0.1) is 6.10 Å². The zero-order valence-electron chi connectivity index (χ0n) is 9.96. The van der Waals surface area contributed by atoms with Crippen molar-refractivity contribution in [3.05, 3.63) is 11.3 Å². The van der Waals surface area contributed by atoms with Crippen LogP contribution >= 0.6 is 0 Å². The summed E-state index contributed by atoms with van der Waals surface area (Å²) in [7, 11) is 0. The molecule has 1 aliphatic rings. The molecule has 3 N–H and O–H groups in total. The molecule has 1 unspecified atom stereocenters. The monoisotopic (exact) mass is 223 g/mol. The summed E-state index contributed by atoms with van der Waals surface area (Å²) in [5.74, 6) is 0.655. The van der Waals surface area contributed by atoms with Crippen molar-refractivity contribution < 1.29 is 4.74 Å². The Balaban J connectivity index is 1.88. The van der Waals surface area contributed by atoms with Crippen LogP contribution in [0.25, 0.3) is 0 Å². The Morgan fingerprint density at radius 2 is 2.38 bits per heavy atom. The highest BCUT2D eigenvalue weighted by molar-refractivity contribution is 5.41. The Morgan fingerprint density at radius 3 is 3.06 bits per heavy atom. The highest BCUT2D eigenvalue weighted by atomic mass is 16.5. The van der Waals surface area contributed by atoms with E-state index >= 15 is 0 Å². The molecule has 16 heavy (non-hydrogen) atoms. The molecular weight excluding hydrogens is 202 g/mol. The summed E-state index contributed by atoms with van der Waals surface area (Å²) in [6.07, 6.45) is 7.17. The van der Waals surface area contributed by atoms with Crippen molar-refractivity contribution in [1.82, 2.24) is 10.2 Å². The number of aromatic amines is 1. The van der Waals surface area contributed by atoms with Crippen LogP contribution < -0.4 is 5.73 Å². The molecule has 0 aliphatic carbocycles. The van der Waals surface area contributed by atoms with Crippen LogP contribution in [-0.4, -0.2) is 22.9 Å². The number of hydrogen-bond donors (Lipinski definition) is 2. The average Bonchev–Trinajstić information content (AvgIpc) is 2.68. The second kappa shape index (κ2) is 5.34. The van der Waals surface area contributed by atoms with Crippen LogP contribution in [0.2, 0.25) is 0 Å². The number of nitrogens with one attached hydrogen (secondary N) is 1. The third kappa shape index (κ3) is 2.55. The van der Waals surface area contributed by atoms with E-state index in [1.807, 2.05) is 0 Å². The van der Waals surface area contributed by atoms with E-state index in [0.717, 1.165) is 25.9 Å². The Hall–Kier alpha value is -1.03. The van der Waals surface area contributed by atoms with Crippen LogP contribution in [-0.2, 0) is 17.6 Å². The zero-order chi connectivity index (χ0) is 11.4. The third-order valence-electron chi connectivity index (χ3n) is 3.33. The Kier molecular flexibility index (Phi) is 3.83. The quantitative estimate of drug-likeness (QED) is 0.821. The first-order valence-electron chi connectivity index (χ1n) is 6.24. The molecule has 0 saturated carbocycles. The summed E-state index contributed by atoms with van der Waals surface area (Å²) in [5.41, 5.74) is 8.15. The van der Waals surface area contributed by atoms with Crippen molar-refractivity contribution in [3.8, 4) is 0 Å². The Labute approximate surface area is 96.6 Å². The molecule has 1 saturated heterocycles. The highest BCUT2D eigenvalue weighted by Crippen LogP contribution is 2.20. The minimum absolute atomic E-state index is 0.433. The van der Waals surface area contributed by atoms with Crippen LogP contribution in [0.15, 0.2) is 0 Å². The van der Waals surface area contributed by atoms with Gasteiger partial charge in [-0.1, -0.05) is 6.92 Å². The number of H-pyrrole nitrogens is 1. The van der Waals surface area contributed by atoms with E-state index in [2.05, 4.69) is 17.1 Å². The second-order valence-corrected chi connectivity index (χ2v) is 4.45. The summed E-state index contributed by atoms with van der Waals surface area (Å²) in [6.45, 7) is 3.04. The topological polar surface area (TPSA) is 63.9 Å². The van der Waals surface area contributed by atoms with E-state index in [4.69, 9.17) is 10.5 Å². The SMILES string of the molecule is CCc1c(N)n[nH]c1CCC1CCCCO1. The predicted octanol–water partition coefficient (Wildman–Crippen LogP) is 2.06. The molecule has 4 nitrogen and oxygen atoms in total. The van der Waals surface area contributed by atoms with Crippen molar-refractivity contribution >= 4 is 5.82 Å². The van der Waals surface area contributed by atoms with Crippen LogP contribution in [0.1, 0.15) is 43.9 Å². The molecule has 1 aliphatic heterocycles. The van der Waals surface area contributed by atoms with Gasteiger partial charge in [-0.25, -0.2) is 0 Å². The first-order valence-corrected chi connectivity index (χ1v) is 6.24. The molecule has 1 aromatic heterocycles. The van der Waals surface area contributed by atoms with Crippen molar-refractivity contribution in [2.45, 2.75) is 51.6 Å². The van der Waals surface area contributed by atoms with Gasteiger partial charge in [-0.2, -0.15) is 5.10 Å². The lowest BCUT2D eigenvalue weighted by Gasteiger charge is -2.22. The number of rotatable bonds is 4. The van der Waals surface area contributed by atoms with Gasteiger partial charge in [0.25, 0.3) is 0 Å².